The molecule has 0 aliphatic rings. The van der Waals surface area contributed by atoms with Crippen molar-refractivity contribution in [1.82, 2.24) is 9.97 Å². The number of carbonyl (C=O) groups excluding carboxylic acids is 1. The van der Waals surface area contributed by atoms with Crippen molar-refractivity contribution < 1.29 is 4.79 Å². The van der Waals surface area contributed by atoms with E-state index < -0.39 is 0 Å². The predicted molar refractivity (Wildman–Crippen MR) is 62.8 cm³/mol. The van der Waals surface area contributed by atoms with Crippen molar-refractivity contribution in [2.75, 3.05) is 4.43 Å². The molecular weight excluding hydrogens is 291 g/mol. The Balaban J connectivity index is 2.56. The summed E-state index contributed by atoms with van der Waals surface area (Å²) in [5, 5.41) is 0. The number of carbonyl (C=O) groups is 1. The van der Waals surface area contributed by atoms with E-state index in [0.717, 1.165) is 11.0 Å². The summed E-state index contributed by atoms with van der Waals surface area (Å²) in [6, 6.07) is 7.51. The fourth-order valence-electron chi connectivity index (χ4n) is 1.16. The minimum atomic E-state index is 0.0175. The maximum atomic E-state index is 11.3. The number of benzene rings is 1. The average Bonchev–Trinajstić information content (AvgIpc) is 2.27. The van der Waals surface area contributed by atoms with E-state index in [4.69, 9.17) is 0 Å². The van der Waals surface area contributed by atoms with Gasteiger partial charge < -0.3 is 0 Å². The number of para-hydroxylation sites is 2. The van der Waals surface area contributed by atoms with E-state index in [1.807, 2.05) is 46.9 Å². The van der Waals surface area contributed by atoms with Crippen LogP contribution in [0.4, 0.5) is 0 Å². The number of aromatic nitrogens is 2. The Morgan fingerprint density at radius 1 is 1.29 bits per heavy atom. The maximum absolute atomic E-state index is 11.3. The van der Waals surface area contributed by atoms with Crippen molar-refractivity contribution in [3.05, 3.63) is 36.2 Å². The zero-order valence-electron chi connectivity index (χ0n) is 7.27. The second-order valence-electron chi connectivity index (χ2n) is 2.80. The Bertz CT molecular complexity index is 484. The third kappa shape index (κ3) is 1.75. The van der Waals surface area contributed by atoms with Crippen LogP contribution in [0.1, 0.15) is 10.5 Å². The molecule has 0 bridgehead atoms. The number of Topliss-reactive ketones (excluding diaryl/α,β-unsaturated/α-hetero) is 1. The predicted octanol–water partition coefficient (Wildman–Crippen LogP) is 2.25. The van der Waals surface area contributed by atoms with Crippen LogP contribution in [0, 0.1) is 0 Å². The van der Waals surface area contributed by atoms with Crippen LogP contribution in [-0.2, 0) is 0 Å². The number of rotatable bonds is 2. The minimum Gasteiger partial charge on any atom is -0.292 e. The van der Waals surface area contributed by atoms with Gasteiger partial charge in [-0.25, -0.2) is 4.98 Å². The third-order valence-electron chi connectivity index (χ3n) is 1.86. The molecule has 0 spiro atoms. The number of fused-ring (bicyclic) bond motifs is 1. The molecule has 0 N–H and O–H groups in total. The van der Waals surface area contributed by atoms with Gasteiger partial charge in [-0.15, -0.1) is 0 Å². The van der Waals surface area contributed by atoms with Crippen LogP contribution in [0.2, 0.25) is 0 Å². The van der Waals surface area contributed by atoms with Gasteiger partial charge in [0.15, 0.2) is 5.78 Å². The zero-order chi connectivity index (χ0) is 9.97. The Kier molecular flexibility index (Phi) is 2.72. The highest BCUT2D eigenvalue weighted by Gasteiger charge is 2.06. The highest BCUT2D eigenvalue weighted by molar-refractivity contribution is 14.1. The standard InChI is InChI=1S/C10H7IN2O/c11-5-10(14)9-6-12-7-3-1-2-4-8(7)13-9/h1-4,6H,5H2. The van der Waals surface area contributed by atoms with Crippen molar-refractivity contribution >= 4 is 39.4 Å². The van der Waals surface area contributed by atoms with Crippen LogP contribution < -0.4 is 0 Å². The molecule has 2 rings (SSSR count). The van der Waals surface area contributed by atoms with E-state index >= 15 is 0 Å². The van der Waals surface area contributed by atoms with E-state index in [9.17, 15) is 4.79 Å². The summed E-state index contributed by atoms with van der Waals surface area (Å²) in [7, 11) is 0. The van der Waals surface area contributed by atoms with Crippen molar-refractivity contribution in [3.8, 4) is 0 Å². The molecule has 2 aromatic rings. The number of alkyl halides is 1. The van der Waals surface area contributed by atoms with Gasteiger partial charge in [-0.1, -0.05) is 34.7 Å². The van der Waals surface area contributed by atoms with Gasteiger partial charge in [0.2, 0.25) is 0 Å². The second kappa shape index (κ2) is 4.00. The highest BCUT2D eigenvalue weighted by Crippen LogP contribution is 2.09. The first-order valence-electron chi connectivity index (χ1n) is 4.12. The molecule has 4 heteroatoms. The second-order valence-corrected chi connectivity index (χ2v) is 3.56. The molecule has 1 aromatic heterocycles. The molecule has 70 valence electrons. The van der Waals surface area contributed by atoms with Gasteiger partial charge >= 0.3 is 0 Å². The quantitative estimate of drug-likeness (QED) is 0.485. The summed E-state index contributed by atoms with van der Waals surface area (Å²) in [6.07, 6.45) is 1.53. The van der Waals surface area contributed by atoms with Gasteiger partial charge in [-0.2, -0.15) is 0 Å². The zero-order valence-corrected chi connectivity index (χ0v) is 9.43. The minimum absolute atomic E-state index is 0.0175. The van der Waals surface area contributed by atoms with Gasteiger partial charge in [-0.05, 0) is 12.1 Å². The van der Waals surface area contributed by atoms with Gasteiger partial charge in [0.05, 0.1) is 21.7 Å². The lowest BCUT2D eigenvalue weighted by Gasteiger charge is -1.98. The summed E-state index contributed by atoms with van der Waals surface area (Å²) in [5.74, 6) is 0.0175. The summed E-state index contributed by atoms with van der Waals surface area (Å²) >= 11 is 2.02. The molecule has 0 radical (unpaired) electrons. The maximum Gasteiger partial charge on any atom is 0.192 e. The van der Waals surface area contributed by atoms with Crippen LogP contribution >= 0.6 is 22.6 Å². The normalized spacial score (nSPS) is 10.4. The van der Waals surface area contributed by atoms with E-state index in [-0.39, 0.29) is 5.78 Å². The summed E-state index contributed by atoms with van der Waals surface area (Å²) in [6.45, 7) is 0. The number of ketones is 1. The van der Waals surface area contributed by atoms with Crippen LogP contribution in [-0.4, -0.2) is 20.2 Å². The van der Waals surface area contributed by atoms with Gasteiger partial charge in [-0.3, -0.25) is 9.78 Å². The molecular formula is C10H7IN2O. The van der Waals surface area contributed by atoms with E-state index in [2.05, 4.69) is 9.97 Å². The molecule has 0 aliphatic heterocycles. The molecule has 0 unspecified atom stereocenters. The first-order valence-corrected chi connectivity index (χ1v) is 5.65. The van der Waals surface area contributed by atoms with Crippen LogP contribution in [0.15, 0.2) is 30.5 Å². The smallest absolute Gasteiger partial charge is 0.192 e. The molecule has 0 amide bonds. The highest BCUT2D eigenvalue weighted by atomic mass is 127. The molecule has 1 aromatic carbocycles. The average molecular weight is 298 g/mol. The SMILES string of the molecule is O=C(CI)c1cnc2ccccc2n1. The Hall–Kier alpha value is -1.04. The van der Waals surface area contributed by atoms with E-state index in [0.29, 0.717) is 10.1 Å². The lowest BCUT2D eigenvalue weighted by atomic mass is 10.2. The number of halogens is 1. The molecule has 0 fully saturated rings. The lowest BCUT2D eigenvalue weighted by molar-refractivity contribution is 0.102. The van der Waals surface area contributed by atoms with E-state index in [1.165, 1.54) is 6.20 Å². The third-order valence-corrected chi connectivity index (χ3v) is 2.55. The lowest BCUT2D eigenvalue weighted by Crippen LogP contribution is -2.03. The molecule has 3 nitrogen and oxygen atoms in total. The van der Waals surface area contributed by atoms with Gasteiger partial charge in [0.1, 0.15) is 5.69 Å². The first-order chi connectivity index (χ1) is 6.81. The molecule has 0 aliphatic carbocycles. The Morgan fingerprint density at radius 2 is 2.00 bits per heavy atom. The first kappa shape index (κ1) is 9.51. The van der Waals surface area contributed by atoms with Gasteiger partial charge in [0, 0.05) is 0 Å². The largest absolute Gasteiger partial charge is 0.292 e. The summed E-state index contributed by atoms with van der Waals surface area (Å²) < 4.78 is 0.435. The molecule has 0 saturated carbocycles. The van der Waals surface area contributed by atoms with Crippen LogP contribution in [0.3, 0.4) is 0 Å². The van der Waals surface area contributed by atoms with Crippen LogP contribution in [0.25, 0.3) is 11.0 Å². The monoisotopic (exact) mass is 298 g/mol. The number of hydrogen-bond donors (Lipinski definition) is 0. The summed E-state index contributed by atoms with van der Waals surface area (Å²) in [5.41, 5.74) is 2.03. The Morgan fingerprint density at radius 3 is 2.71 bits per heavy atom. The fourth-order valence-corrected chi connectivity index (χ4v) is 1.55. The molecule has 0 atom stereocenters. The van der Waals surface area contributed by atoms with Crippen molar-refractivity contribution in [3.63, 3.8) is 0 Å². The topological polar surface area (TPSA) is 42.9 Å². The number of hydrogen-bond acceptors (Lipinski definition) is 3. The summed E-state index contributed by atoms with van der Waals surface area (Å²) in [4.78, 5) is 19.7. The fraction of sp³-hybridized carbons (Fsp3) is 0.100. The molecule has 1 heterocycles. The molecule has 14 heavy (non-hydrogen) atoms. The van der Waals surface area contributed by atoms with Gasteiger partial charge in [0.25, 0.3) is 0 Å². The van der Waals surface area contributed by atoms with Crippen LogP contribution in [0.5, 0.6) is 0 Å². The van der Waals surface area contributed by atoms with E-state index in [1.54, 1.807) is 0 Å². The molecule has 0 saturated heterocycles. The van der Waals surface area contributed by atoms with Crippen molar-refractivity contribution in [2.24, 2.45) is 0 Å². The number of nitrogens with zero attached hydrogens (tertiary/aromatic N) is 2. The Labute approximate surface area is 94.7 Å². The van der Waals surface area contributed by atoms with Crippen molar-refractivity contribution in [2.45, 2.75) is 0 Å². The van der Waals surface area contributed by atoms with Crippen molar-refractivity contribution in [1.29, 1.82) is 0 Å².